The van der Waals surface area contributed by atoms with Crippen molar-refractivity contribution >= 4 is 17.4 Å². The Kier molecular flexibility index (Phi) is 2.93. The van der Waals surface area contributed by atoms with Crippen LogP contribution in [0.5, 0.6) is 0 Å². The normalized spacial score (nSPS) is 17.5. The fourth-order valence-corrected chi connectivity index (χ4v) is 2.05. The molecule has 1 heterocycles. The zero-order chi connectivity index (χ0) is 11.8. The van der Waals surface area contributed by atoms with Crippen LogP contribution in [0.3, 0.4) is 0 Å². The quantitative estimate of drug-likeness (QED) is 0.850. The molecule has 1 aliphatic carbocycles. The van der Waals surface area contributed by atoms with Crippen molar-refractivity contribution in [2.24, 2.45) is 11.3 Å². The molecule has 1 aromatic heterocycles. The smallest absolute Gasteiger partial charge is 0.271 e. The number of aromatic nitrogens is 2. The number of nitrogens with zero attached hydrogens (tertiary/aromatic N) is 1. The molecule has 0 atom stereocenters. The summed E-state index contributed by atoms with van der Waals surface area (Å²) in [6.45, 7) is 5.28. The molecule has 0 unspecified atom stereocenters. The number of halogens is 1. The molecule has 0 bridgehead atoms. The number of anilines is 1. The van der Waals surface area contributed by atoms with E-state index < -0.39 is 0 Å². The van der Waals surface area contributed by atoms with Crippen LogP contribution in [0.25, 0.3) is 0 Å². The van der Waals surface area contributed by atoms with Gasteiger partial charge in [0.2, 0.25) is 0 Å². The SMILES string of the molecule is CC(C)C1(CNc2nc[nH]c(=O)c2Cl)CC1. The second-order valence-electron chi connectivity index (χ2n) is 4.76. The Morgan fingerprint density at radius 2 is 2.31 bits per heavy atom. The molecule has 1 fully saturated rings. The van der Waals surface area contributed by atoms with Crippen LogP contribution in [0.1, 0.15) is 26.7 Å². The topological polar surface area (TPSA) is 57.8 Å². The van der Waals surface area contributed by atoms with Gasteiger partial charge in [-0.3, -0.25) is 4.79 Å². The molecule has 0 aliphatic heterocycles. The Balaban J connectivity index is 2.06. The van der Waals surface area contributed by atoms with Crippen molar-refractivity contribution in [2.75, 3.05) is 11.9 Å². The highest BCUT2D eigenvalue weighted by Crippen LogP contribution is 2.51. The van der Waals surface area contributed by atoms with Gasteiger partial charge in [0.05, 0.1) is 6.33 Å². The largest absolute Gasteiger partial charge is 0.368 e. The van der Waals surface area contributed by atoms with Gasteiger partial charge in [-0.25, -0.2) is 4.98 Å². The summed E-state index contributed by atoms with van der Waals surface area (Å²) in [5, 5.41) is 3.32. The minimum Gasteiger partial charge on any atom is -0.368 e. The van der Waals surface area contributed by atoms with Crippen LogP contribution < -0.4 is 10.9 Å². The van der Waals surface area contributed by atoms with Crippen molar-refractivity contribution in [1.29, 1.82) is 0 Å². The molecule has 4 nitrogen and oxygen atoms in total. The summed E-state index contributed by atoms with van der Waals surface area (Å²) in [6, 6.07) is 0. The minimum absolute atomic E-state index is 0.141. The molecule has 1 aliphatic rings. The monoisotopic (exact) mass is 241 g/mol. The molecule has 0 saturated heterocycles. The average molecular weight is 242 g/mol. The number of rotatable bonds is 4. The number of hydrogen-bond acceptors (Lipinski definition) is 3. The zero-order valence-corrected chi connectivity index (χ0v) is 10.3. The molecule has 2 N–H and O–H groups in total. The highest BCUT2D eigenvalue weighted by atomic mass is 35.5. The van der Waals surface area contributed by atoms with Gasteiger partial charge < -0.3 is 10.3 Å². The zero-order valence-electron chi connectivity index (χ0n) is 9.51. The van der Waals surface area contributed by atoms with Crippen molar-refractivity contribution in [3.05, 3.63) is 21.7 Å². The van der Waals surface area contributed by atoms with Crippen LogP contribution in [0.2, 0.25) is 5.02 Å². The molecule has 0 spiro atoms. The van der Waals surface area contributed by atoms with Gasteiger partial charge in [0.1, 0.15) is 5.02 Å². The Labute approximate surface area is 99.4 Å². The second kappa shape index (κ2) is 4.09. The molecule has 1 aromatic rings. The third kappa shape index (κ3) is 2.07. The lowest BCUT2D eigenvalue weighted by atomic mass is 9.92. The molecule has 2 rings (SSSR count). The maximum atomic E-state index is 11.2. The van der Waals surface area contributed by atoms with Crippen LogP contribution >= 0.6 is 11.6 Å². The van der Waals surface area contributed by atoms with E-state index in [4.69, 9.17) is 11.6 Å². The Morgan fingerprint density at radius 1 is 1.62 bits per heavy atom. The van der Waals surface area contributed by atoms with Crippen LogP contribution in [-0.2, 0) is 0 Å². The number of nitrogens with one attached hydrogen (secondary N) is 2. The number of aromatic amines is 1. The lowest BCUT2D eigenvalue weighted by Crippen LogP contribution is -2.22. The third-order valence-electron chi connectivity index (χ3n) is 3.52. The average Bonchev–Trinajstić information content (AvgIpc) is 3.01. The first-order valence-corrected chi connectivity index (χ1v) is 5.90. The van der Waals surface area contributed by atoms with Crippen molar-refractivity contribution in [3.63, 3.8) is 0 Å². The van der Waals surface area contributed by atoms with E-state index in [9.17, 15) is 4.79 Å². The van der Waals surface area contributed by atoms with E-state index in [1.54, 1.807) is 0 Å². The van der Waals surface area contributed by atoms with E-state index in [1.807, 2.05) is 0 Å². The van der Waals surface area contributed by atoms with Crippen LogP contribution in [0, 0.1) is 11.3 Å². The predicted octanol–water partition coefficient (Wildman–Crippen LogP) is 2.27. The Hall–Kier alpha value is -1.03. The van der Waals surface area contributed by atoms with Gasteiger partial charge in [-0.2, -0.15) is 0 Å². The van der Waals surface area contributed by atoms with Crippen molar-refractivity contribution in [2.45, 2.75) is 26.7 Å². The summed E-state index contributed by atoms with van der Waals surface area (Å²) in [4.78, 5) is 17.7. The first kappa shape index (κ1) is 11.5. The lowest BCUT2D eigenvalue weighted by molar-refractivity contribution is 0.380. The first-order chi connectivity index (χ1) is 7.55. The Morgan fingerprint density at radius 3 is 2.88 bits per heavy atom. The molecule has 88 valence electrons. The summed E-state index contributed by atoms with van der Waals surface area (Å²) in [7, 11) is 0. The van der Waals surface area contributed by atoms with E-state index >= 15 is 0 Å². The van der Waals surface area contributed by atoms with E-state index in [1.165, 1.54) is 19.2 Å². The second-order valence-corrected chi connectivity index (χ2v) is 5.14. The molecule has 16 heavy (non-hydrogen) atoms. The van der Waals surface area contributed by atoms with E-state index in [0.717, 1.165) is 6.54 Å². The van der Waals surface area contributed by atoms with Gasteiger partial charge in [-0.15, -0.1) is 0 Å². The van der Waals surface area contributed by atoms with Crippen molar-refractivity contribution < 1.29 is 0 Å². The highest BCUT2D eigenvalue weighted by molar-refractivity contribution is 6.32. The van der Waals surface area contributed by atoms with Gasteiger partial charge in [-0.05, 0) is 24.2 Å². The van der Waals surface area contributed by atoms with E-state index in [2.05, 4.69) is 29.1 Å². The van der Waals surface area contributed by atoms with Crippen molar-refractivity contribution in [1.82, 2.24) is 9.97 Å². The summed E-state index contributed by atoms with van der Waals surface area (Å²) in [5.41, 5.74) is 0.0710. The molecule has 0 amide bonds. The fourth-order valence-electron chi connectivity index (χ4n) is 1.88. The van der Waals surface area contributed by atoms with Gasteiger partial charge in [0.15, 0.2) is 5.82 Å². The Bertz CT molecular complexity index is 437. The summed E-state index contributed by atoms with van der Waals surface area (Å²) < 4.78 is 0. The predicted molar refractivity (Wildman–Crippen MR) is 64.9 cm³/mol. The number of hydrogen-bond donors (Lipinski definition) is 2. The maximum absolute atomic E-state index is 11.2. The maximum Gasteiger partial charge on any atom is 0.271 e. The molecular weight excluding hydrogens is 226 g/mol. The molecule has 1 saturated carbocycles. The van der Waals surface area contributed by atoms with Gasteiger partial charge in [0.25, 0.3) is 5.56 Å². The summed E-state index contributed by atoms with van der Waals surface area (Å²) in [5.74, 6) is 1.12. The molecule has 0 aromatic carbocycles. The van der Waals surface area contributed by atoms with E-state index in [0.29, 0.717) is 17.2 Å². The standard InChI is InChI=1S/C11H16ClN3O/c1-7(2)11(3-4-11)5-13-9-8(12)10(16)15-6-14-9/h6-7H,3-5H2,1-2H3,(H2,13,14,15,16). The lowest BCUT2D eigenvalue weighted by Gasteiger charge is -2.20. The van der Waals surface area contributed by atoms with Crippen LogP contribution in [-0.4, -0.2) is 16.5 Å². The fraction of sp³-hybridized carbons (Fsp3) is 0.636. The van der Waals surface area contributed by atoms with Crippen LogP contribution in [0.4, 0.5) is 5.82 Å². The van der Waals surface area contributed by atoms with Crippen LogP contribution in [0.15, 0.2) is 11.1 Å². The van der Waals surface area contributed by atoms with Gasteiger partial charge in [-0.1, -0.05) is 25.4 Å². The summed E-state index contributed by atoms with van der Waals surface area (Å²) >= 11 is 5.85. The summed E-state index contributed by atoms with van der Waals surface area (Å²) in [6.07, 6.45) is 3.84. The number of H-pyrrole nitrogens is 1. The van der Waals surface area contributed by atoms with Gasteiger partial charge in [0, 0.05) is 6.54 Å². The third-order valence-corrected chi connectivity index (χ3v) is 3.87. The highest BCUT2D eigenvalue weighted by Gasteiger charge is 2.45. The molecule has 5 heteroatoms. The minimum atomic E-state index is -0.298. The van der Waals surface area contributed by atoms with Crippen molar-refractivity contribution in [3.8, 4) is 0 Å². The molecule has 0 radical (unpaired) electrons. The van der Waals surface area contributed by atoms with E-state index in [-0.39, 0.29) is 10.6 Å². The molecular formula is C11H16ClN3O. The first-order valence-electron chi connectivity index (χ1n) is 5.52. The van der Waals surface area contributed by atoms with Gasteiger partial charge >= 0.3 is 0 Å².